The SMILES string of the molecule is O.O.O.O.O.O.O.O.O.O.O.O.O.O.O.O.O.O.O.O.O.O.O.O.O.O.O.O.O.O.O.O.O.O.O.O.O.O.O.O.O.O.O.O.O.O.O.O.O.O.[CaH2].[CaH2].[CaH2].[CaH2].[CaH2].[CaH2].[CaH2].[CaH2].[CaH2].[CaH2]. The summed E-state index contributed by atoms with van der Waals surface area (Å²) in [6.07, 6.45) is 0. The minimum absolute atomic E-state index is 0. The molecule has 0 aliphatic rings. The van der Waals surface area contributed by atoms with Crippen LogP contribution in [0, 0.1) is 0 Å². The Morgan fingerprint density at radius 2 is 0.0333 bits per heavy atom. The predicted octanol–water partition coefficient (Wildman–Crippen LogP) is -50.4. The Morgan fingerprint density at radius 1 is 0.0333 bits per heavy atom. The van der Waals surface area contributed by atoms with Gasteiger partial charge in [0.2, 0.25) is 0 Å². The van der Waals surface area contributed by atoms with E-state index < -0.39 is 0 Å². The second kappa shape index (κ2) is 2920. The molecule has 60 heavy (non-hydrogen) atoms. The third kappa shape index (κ3) is 2790. The van der Waals surface area contributed by atoms with Crippen LogP contribution in [0.2, 0.25) is 0 Å². The van der Waals surface area contributed by atoms with Crippen molar-refractivity contribution in [3.63, 3.8) is 0 Å². The molecule has 0 aromatic rings. The van der Waals surface area contributed by atoms with Crippen molar-refractivity contribution in [2.24, 2.45) is 0 Å². The third-order valence-corrected chi connectivity index (χ3v) is 0. The Kier molecular flexibility index (Phi) is 148000. The molecular weight excluding hydrogens is 1200 g/mol. The Hall–Kier alpha value is 10.6. The average Bonchev–Trinajstić information content (AvgIpc) is 0. The van der Waals surface area contributed by atoms with Crippen LogP contribution in [0.5, 0.6) is 0 Å². The van der Waals surface area contributed by atoms with Crippen molar-refractivity contribution in [2.75, 3.05) is 0 Å². The van der Waals surface area contributed by atoms with E-state index in [0.717, 1.165) is 0 Å². The molecule has 50 nitrogen and oxygen atoms in total. The van der Waals surface area contributed by atoms with Crippen LogP contribution in [0.4, 0.5) is 0 Å². The summed E-state index contributed by atoms with van der Waals surface area (Å²) in [5.74, 6) is 0. The van der Waals surface area contributed by atoms with Gasteiger partial charge in [0.1, 0.15) is 0 Å². The summed E-state index contributed by atoms with van der Waals surface area (Å²) >= 11 is 0. The van der Waals surface area contributed by atoms with Crippen molar-refractivity contribution >= 4 is 377 Å². The van der Waals surface area contributed by atoms with Gasteiger partial charge in [-0.05, 0) is 0 Å². The molecule has 0 fully saturated rings. The zero-order valence-electron chi connectivity index (χ0n) is 25.0. The summed E-state index contributed by atoms with van der Waals surface area (Å²) in [4.78, 5) is 0. The predicted molar refractivity (Wildman–Crippen MR) is 266 cm³/mol. The number of hydrogen-bond acceptors (Lipinski definition) is 0. The molecule has 0 spiro atoms. The van der Waals surface area contributed by atoms with Crippen LogP contribution in [0.25, 0.3) is 0 Å². The summed E-state index contributed by atoms with van der Waals surface area (Å²) in [5, 5.41) is 0. The van der Waals surface area contributed by atoms with E-state index in [1.807, 2.05) is 0 Å². The van der Waals surface area contributed by atoms with Crippen LogP contribution in [-0.4, -0.2) is 651 Å². The van der Waals surface area contributed by atoms with Crippen LogP contribution in [-0.2, 0) is 0 Å². The van der Waals surface area contributed by atoms with E-state index >= 15 is 0 Å². The van der Waals surface area contributed by atoms with E-state index in [1.54, 1.807) is 0 Å². The van der Waals surface area contributed by atoms with Crippen molar-refractivity contribution < 1.29 is 274 Å². The van der Waals surface area contributed by atoms with Gasteiger partial charge in [-0.25, -0.2) is 0 Å². The monoisotopic (exact) mass is 1320 g/mol. The van der Waals surface area contributed by atoms with Gasteiger partial charge in [0.05, 0.1) is 0 Å². The van der Waals surface area contributed by atoms with E-state index in [0.29, 0.717) is 0 Å². The van der Waals surface area contributed by atoms with E-state index in [-0.39, 0.29) is 651 Å². The second-order valence-corrected chi connectivity index (χ2v) is 0. The molecule has 0 aliphatic carbocycles. The van der Waals surface area contributed by atoms with E-state index in [9.17, 15) is 0 Å². The van der Waals surface area contributed by atoms with Gasteiger partial charge in [-0.1, -0.05) is 0 Å². The molecule has 0 radical (unpaired) electrons. The molecule has 0 saturated carbocycles. The van der Waals surface area contributed by atoms with Gasteiger partial charge >= 0.3 is 377 Å². The Morgan fingerprint density at radius 3 is 0.0333 bits per heavy atom. The van der Waals surface area contributed by atoms with E-state index in [2.05, 4.69) is 0 Å². The molecule has 0 rings (SSSR count). The molecule has 0 amide bonds. The summed E-state index contributed by atoms with van der Waals surface area (Å²) < 4.78 is 0. The first-order valence-corrected chi connectivity index (χ1v) is 0. The summed E-state index contributed by atoms with van der Waals surface area (Å²) in [5.41, 5.74) is 0. The number of hydrogen-bond donors (Lipinski definition) is 0. The standard InChI is InChI=1S/10Ca.50H2O.20H/h;;;;;;;;;;50*1H2;;;;;;;;;;;;;;;;;;;;. The first kappa shape index (κ1) is 3040. The maximum absolute atomic E-state index is 0. The van der Waals surface area contributed by atoms with Crippen molar-refractivity contribution in [3.05, 3.63) is 0 Å². The minimum atomic E-state index is 0. The molecule has 0 saturated heterocycles. The number of rotatable bonds is 0. The molecule has 100 N–H and O–H groups in total. The van der Waals surface area contributed by atoms with Crippen molar-refractivity contribution in [1.82, 2.24) is 0 Å². The molecule has 60 heteroatoms. The third-order valence-electron chi connectivity index (χ3n) is 0. The van der Waals surface area contributed by atoms with Crippen molar-refractivity contribution in [1.29, 1.82) is 0 Å². The first-order valence-electron chi connectivity index (χ1n) is 0. The topological polar surface area (TPSA) is 1580 Å². The Bertz CT molecular complexity index is 39.0. The second-order valence-electron chi connectivity index (χ2n) is 0. The fourth-order valence-corrected chi connectivity index (χ4v) is 0. The van der Waals surface area contributed by atoms with Gasteiger partial charge in [0.15, 0.2) is 0 Å². The molecule has 0 aromatic carbocycles. The van der Waals surface area contributed by atoms with Crippen LogP contribution < -0.4 is 0 Å². The molecule has 440 valence electrons. The quantitative estimate of drug-likeness (QED) is 0.204. The van der Waals surface area contributed by atoms with Crippen LogP contribution in [0.15, 0.2) is 0 Å². The fraction of sp³-hybridized carbons (Fsp3) is 0. The van der Waals surface area contributed by atoms with Gasteiger partial charge in [0, 0.05) is 0 Å². The zero-order chi connectivity index (χ0) is 0. The van der Waals surface area contributed by atoms with E-state index in [1.165, 1.54) is 0 Å². The van der Waals surface area contributed by atoms with E-state index in [4.69, 9.17) is 0 Å². The van der Waals surface area contributed by atoms with Gasteiger partial charge in [0.25, 0.3) is 0 Å². The normalized spacial score (nSPS) is 0. The van der Waals surface area contributed by atoms with Crippen molar-refractivity contribution in [3.8, 4) is 0 Å². The summed E-state index contributed by atoms with van der Waals surface area (Å²) in [6, 6.07) is 0. The molecule has 0 aromatic heterocycles. The molecular formula is H120Ca10O50. The van der Waals surface area contributed by atoms with Gasteiger partial charge in [-0.3, -0.25) is 0 Å². The summed E-state index contributed by atoms with van der Waals surface area (Å²) in [7, 11) is 0. The molecule has 0 aliphatic heterocycles. The molecule has 0 unspecified atom stereocenters. The van der Waals surface area contributed by atoms with Gasteiger partial charge in [-0.15, -0.1) is 0 Å². The maximum atomic E-state index is 0. The average molecular weight is 1320 g/mol. The molecule has 0 bridgehead atoms. The fourth-order valence-electron chi connectivity index (χ4n) is 0. The Balaban J connectivity index is 0. The first-order chi connectivity index (χ1) is 0. The molecule has 0 heterocycles. The summed E-state index contributed by atoms with van der Waals surface area (Å²) in [6.45, 7) is 0. The van der Waals surface area contributed by atoms with Crippen LogP contribution >= 0.6 is 0 Å². The van der Waals surface area contributed by atoms with Gasteiger partial charge in [-0.2, -0.15) is 0 Å². The molecule has 0 atom stereocenters. The Labute approximate surface area is 637 Å². The van der Waals surface area contributed by atoms with Crippen molar-refractivity contribution in [2.45, 2.75) is 0 Å². The van der Waals surface area contributed by atoms with Crippen LogP contribution in [0.3, 0.4) is 0 Å². The van der Waals surface area contributed by atoms with Crippen LogP contribution in [0.1, 0.15) is 0 Å². The zero-order valence-corrected chi connectivity index (χ0v) is 25.0. The van der Waals surface area contributed by atoms with Gasteiger partial charge < -0.3 is 274 Å².